The predicted molar refractivity (Wildman–Crippen MR) is 118 cm³/mol. The van der Waals surface area contributed by atoms with Gasteiger partial charge in [-0.05, 0) is 30.5 Å². The molecule has 2 N–H and O–H groups in total. The van der Waals surface area contributed by atoms with Gasteiger partial charge in [0.2, 0.25) is 15.9 Å². The molecule has 0 bridgehead atoms. The molecule has 3 rings (SSSR count). The van der Waals surface area contributed by atoms with Gasteiger partial charge in [-0.1, -0.05) is 42.5 Å². The number of sulfonamides is 1. The topological polar surface area (TPSA) is 105 Å². The number of ether oxygens (including phenoxy) is 1. The highest BCUT2D eigenvalue weighted by atomic mass is 32.2. The van der Waals surface area contributed by atoms with E-state index in [2.05, 4.69) is 10.6 Å². The molecule has 1 aliphatic rings. The summed E-state index contributed by atoms with van der Waals surface area (Å²) in [5, 5.41) is 5.57. The maximum Gasteiger partial charge on any atom is 0.253 e. The van der Waals surface area contributed by atoms with Crippen molar-refractivity contribution in [3.05, 3.63) is 65.7 Å². The summed E-state index contributed by atoms with van der Waals surface area (Å²) in [5.74, 6) is -0.891. The van der Waals surface area contributed by atoms with E-state index in [1.165, 1.54) is 7.05 Å². The van der Waals surface area contributed by atoms with E-state index in [1.54, 1.807) is 54.6 Å². The van der Waals surface area contributed by atoms with Gasteiger partial charge >= 0.3 is 0 Å². The summed E-state index contributed by atoms with van der Waals surface area (Å²) in [4.78, 5) is 25.9. The molecule has 1 saturated heterocycles. The fourth-order valence-corrected chi connectivity index (χ4v) is 4.05. The van der Waals surface area contributed by atoms with Crippen molar-refractivity contribution in [2.24, 2.45) is 0 Å². The quantitative estimate of drug-likeness (QED) is 0.648. The van der Waals surface area contributed by atoms with Crippen molar-refractivity contribution in [3.8, 4) is 0 Å². The Labute approximate surface area is 182 Å². The summed E-state index contributed by atoms with van der Waals surface area (Å²) in [5.41, 5.74) is 1.12. The van der Waals surface area contributed by atoms with Gasteiger partial charge in [0, 0.05) is 20.2 Å². The van der Waals surface area contributed by atoms with E-state index in [1.807, 2.05) is 0 Å². The minimum absolute atomic E-state index is 0.00317. The van der Waals surface area contributed by atoms with Crippen LogP contribution in [0.5, 0.6) is 0 Å². The smallest absolute Gasteiger partial charge is 0.253 e. The van der Waals surface area contributed by atoms with Crippen molar-refractivity contribution in [1.82, 2.24) is 9.62 Å². The molecule has 0 unspecified atom stereocenters. The molecule has 1 heterocycles. The average Bonchev–Trinajstić information content (AvgIpc) is 3.26. The average molecular weight is 446 g/mol. The molecule has 0 spiro atoms. The van der Waals surface area contributed by atoms with Gasteiger partial charge in [0.05, 0.1) is 23.6 Å². The first kappa shape index (κ1) is 22.9. The lowest BCUT2D eigenvalue weighted by molar-refractivity contribution is -0.119. The maximum atomic E-state index is 13.2. The monoisotopic (exact) mass is 445 g/mol. The van der Waals surface area contributed by atoms with Crippen LogP contribution in [-0.4, -0.2) is 57.1 Å². The molecular formula is C22H27N3O5S. The molecule has 0 aliphatic carbocycles. The van der Waals surface area contributed by atoms with Gasteiger partial charge in [-0.3, -0.25) is 9.59 Å². The Morgan fingerprint density at radius 1 is 1.13 bits per heavy atom. The molecular weight excluding hydrogens is 418 g/mol. The summed E-state index contributed by atoms with van der Waals surface area (Å²) < 4.78 is 30.9. The van der Waals surface area contributed by atoms with Crippen LogP contribution in [0.2, 0.25) is 0 Å². The summed E-state index contributed by atoms with van der Waals surface area (Å²) in [6.07, 6.45) is 2.91. The van der Waals surface area contributed by atoms with Crippen LogP contribution in [0.4, 0.5) is 5.69 Å². The Kier molecular flexibility index (Phi) is 7.42. The predicted octanol–water partition coefficient (Wildman–Crippen LogP) is 2.17. The molecule has 0 radical (unpaired) electrons. The number of anilines is 1. The molecule has 0 aromatic heterocycles. The van der Waals surface area contributed by atoms with Gasteiger partial charge < -0.3 is 15.4 Å². The van der Waals surface area contributed by atoms with Crippen LogP contribution in [0, 0.1) is 0 Å². The van der Waals surface area contributed by atoms with Gasteiger partial charge in [0.1, 0.15) is 6.04 Å². The van der Waals surface area contributed by atoms with Crippen LogP contribution in [0.3, 0.4) is 0 Å². The molecule has 0 saturated carbocycles. The molecule has 8 nitrogen and oxygen atoms in total. The molecule has 1 aliphatic heterocycles. The van der Waals surface area contributed by atoms with Crippen LogP contribution < -0.4 is 10.6 Å². The number of amides is 2. The number of hydrogen-bond donors (Lipinski definition) is 2. The van der Waals surface area contributed by atoms with E-state index in [9.17, 15) is 18.0 Å². The molecule has 31 heavy (non-hydrogen) atoms. The van der Waals surface area contributed by atoms with Gasteiger partial charge in [0.15, 0.2) is 0 Å². The third kappa shape index (κ3) is 5.90. The number of rotatable bonds is 8. The van der Waals surface area contributed by atoms with Gasteiger partial charge in [0.25, 0.3) is 5.91 Å². The van der Waals surface area contributed by atoms with E-state index in [0.29, 0.717) is 30.0 Å². The lowest BCUT2D eigenvalue weighted by atomic mass is 10.1. The minimum atomic E-state index is -3.65. The van der Waals surface area contributed by atoms with E-state index < -0.39 is 22.0 Å². The fraction of sp³-hybridized carbons (Fsp3) is 0.364. The Morgan fingerprint density at radius 3 is 2.45 bits per heavy atom. The Morgan fingerprint density at radius 2 is 1.81 bits per heavy atom. The van der Waals surface area contributed by atoms with Crippen LogP contribution in [0.25, 0.3) is 0 Å². The van der Waals surface area contributed by atoms with Crippen LogP contribution in [-0.2, 0) is 19.6 Å². The van der Waals surface area contributed by atoms with E-state index in [0.717, 1.165) is 23.4 Å². The highest BCUT2D eigenvalue weighted by Crippen LogP contribution is 2.25. The van der Waals surface area contributed by atoms with Gasteiger partial charge in [-0.25, -0.2) is 8.42 Å². The lowest BCUT2D eigenvalue weighted by Gasteiger charge is -2.26. The van der Waals surface area contributed by atoms with Crippen molar-refractivity contribution in [2.45, 2.75) is 25.0 Å². The standard InChI is InChI=1S/C22H27N3O5S/c1-25(31(2,28)29)20(16-9-4-3-5-10-16)22(27)24-19-13-7-6-12-18(19)21(26)23-15-17-11-8-14-30-17/h3-7,9-10,12-13,17,20H,8,11,14-15H2,1-2H3,(H,23,26)(H,24,27)/t17-,20-/m1/s1. The zero-order valence-electron chi connectivity index (χ0n) is 17.6. The number of carbonyl (C=O) groups excluding carboxylic acids is 2. The second kappa shape index (κ2) is 10.0. The van der Waals surface area contributed by atoms with Crippen molar-refractivity contribution < 1.29 is 22.7 Å². The number of carbonyl (C=O) groups is 2. The number of nitrogens with one attached hydrogen (secondary N) is 2. The second-order valence-corrected chi connectivity index (χ2v) is 9.51. The normalized spacial score (nSPS) is 17.3. The molecule has 166 valence electrons. The summed E-state index contributed by atoms with van der Waals surface area (Å²) in [6.45, 7) is 1.09. The molecule has 2 amide bonds. The largest absolute Gasteiger partial charge is 0.376 e. The van der Waals surface area contributed by atoms with Crippen LogP contribution in [0.15, 0.2) is 54.6 Å². The van der Waals surface area contributed by atoms with Crippen LogP contribution in [0.1, 0.15) is 34.8 Å². The SMILES string of the molecule is CN([C@@H](C(=O)Nc1ccccc1C(=O)NC[C@H]1CCCO1)c1ccccc1)S(C)(=O)=O. The zero-order valence-corrected chi connectivity index (χ0v) is 18.4. The van der Waals surface area contributed by atoms with Crippen molar-refractivity contribution in [3.63, 3.8) is 0 Å². The molecule has 9 heteroatoms. The first-order valence-corrected chi connectivity index (χ1v) is 11.9. The molecule has 2 aromatic rings. The highest BCUT2D eigenvalue weighted by molar-refractivity contribution is 7.88. The molecule has 2 aromatic carbocycles. The van der Waals surface area contributed by atoms with Crippen LogP contribution >= 0.6 is 0 Å². The number of hydrogen-bond acceptors (Lipinski definition) is 5. The first-order chi connectivity index (χ1) is 14.8. The third-order valence-corrected chi connectivity index (χ3v) is 6.45. The third-order valence-electron chi connectivity index (χ3n) is 5.19. The van der Waals surface area contributed by atoms with E-state index in [4.69, 9.17) is 4.74 Å². The van der Waals surface area contributed by atoms with Crippen molar-refractivity contribution in [1.29, 1.82) is 0 Å². The summed E-state index contributed by atoms with van der Waals surface area (Å²) >= 11 is 0. The maximum absolute atomic E-state index is 13.2. The lowest BCUT2D eigenvalue weighted by Crippen LogP contribution is -2.38. The Bertz CT molecular complexity index is 1020. The number of likely N-dealkylation sites (N-methyl/N-ethyl adjacent to an activating group) is 1. The summed E-state index contributed by atoms with van der Waals surface area (Å²) in [7, 11) is -2.30. The summed E-state index contributed by atoms with van der Waals surface area (Å²) in [6, 6.07) is 14.2. The van der Waals surface area contributed by atoms with E-state index >= 15 is 0 Å². The number of benzene rings is 2. The van der Waals surface area contributed by atoms with Gasteiger partial charge in [-0.2, -0.15) is 4.31 Å². The Hall–Kier alpha value is -2.75. The number of para-hydroxylation sites is 1. The first-order valence-electron chi connectivity index (χ1n) is 10.0. The minimum Gasteiger partial charge on any atom is -0.376 e. The molecule has 1 fully saturated rings. The van der Waals surface area contributed by atoms with Crippen molar-refractivity contribution >= 4 is 27.5 Å². The van der Waals surface area contributed by atoms with Crippen molar-refractivity contribution in [2.75, 3.05) is 31.8 Å². The zero-order chi connectivity index (χ0) is 22.4. The number of nitrogens with zero attached hydrogens (tertiary/aromatic N) is 1. The molecule has 2 atom stereocenters. The van der Waals surface area contributed by atoms with E-state index in [-0.39, 0.29) is 12.0 Å². The second-order valence-electron chi connectivity index (χ2n) is 7.47. The fourth-order valence-electron chi connectivity index (χ4n) is 3.45. The Balaban J connectivity index is 1.81. The highest BCUT2D eigenvalue weighted by Gasteiger charge is 2.31. The van der Waals surface area contributed by atoms with Gasteiger partial charge in [-0.15, -0.1) is 0 Å².